The van der Waals surface area contributed by atoms with Gasteiger partial charge >= 0.3 is 5.97 Å². The van der Waals surface area contributed by atoms with Crippen LogP contribution < -0.4 is 5.32 Å². The number of aromatic carboxylic acids is 1. The molecule has 0 unspecified atom stereocenters. The first kappa shape index (κ1) is 13.9. The Morgan fingerprint density at radius 3 is 2.68 bits per heavy atom. The summed E-state index contributed by atoms with van der Waals surface area (Å²) in [5.41, 5.74) is 0.564. The third-order valence-electron chi connectivity index (χ3n) is 3.00. The monoisotopic (exact) mass is 304 g/mol. The van der Waals surface area contributed by atoms with Crippen LogP contribution in [-0.4, -0.2) is 25.7 Å². The summed E-state index contributed by atoms with van der Waals surface area (Å²) in [6.45, 7) is 0.147. The zero-order valence-electron chi connectivity index (χ0n) is 11.1. The Morgan fingerprint density at radius 2 is 2.00 bits per heavy atom. The number of carbonyl (C=O) groups is 1. The van der Waals surface area contributed by atoms with Crippen LogP contribution in [0.3, 0.4) is 0 Å². The van der Waals surface area contributed by atoms with Gasteiger partial charge in [-0.3, -0.25) is 0 Å². The number of hydrogen-bond donors (Lipinski definition) is 2. The summed E-state index contributed by atoms with van der Waals surface area (Å²) in [5, 5.41) is 15.8. The number of anilines is 1. The van der Waals surface area contributed by atoms with E-state index in [1.807, 2.05) is 0 Å². The van der Waals surface area contributed by atoms with Crippen LogP contribution in [0.1, 0.15) is 15.9 Å². The average molecular weight is 304 g/mol. The molecule has 0 bridgehead atoms. The number of halogens is 2. The summed E-state index contributed by atoms with van der Waals surface area (Å²) in [6, 6.07) is 4.78. The van der Waals surface area contributed by atoms with E-state index < -0.39 is 17.6 Å². The number of nitrogens with zero attached hydrogens (tertiary/aromatic N) is 3. The predicted molar refractivity (Wildman–Crippen MR) is 73.6 cm³/mol. The second-order valence-corrected chi connectivity index (χ2v) is 4.58. The Morgan fingerprint density at radius 1 is 1.27 bits per heavy atom. The van der Waals surface area contributed by atoms with Gasteiger partial charge in [-0.25, -0.2) is 23.1 Å². The Labute approximate surface area is 123 Å². The number of nitrogens with one attached hydrogen (secondary N) is 1. The summed E-state index contributed by atoms with van der Waals surface area (Å²) >= 11 is 0. The average Bonchev–Trinajstić information content (AvgIpc) is 2.87. The van der Waals surface area contributed by atoms with Crippen LogP contribution in [0.15, 0.2) is 36.7 Å². The highest BCUT2D eigenvalue weighted by molar-refractivity contribution is 5.94. The van der Waals surface area contributed by atoms with Gasteiger partial charge in [0.05, 0.1) is 6.20 Å². The molecule has 0 aliphatic carbocycles. The van der Waals surface area contributed by atoms with Gasteiger partial charge in [0.2, 0.25) is 0 Å². The van der Waals surface area contributed by atoms with E-state index in [0.717, 1.165) is 6.07 Å². The van der Waals surface area contributed by atoms with Crippen LogP contribution in [0, 0.1) is 11.6 Å². The lowest BCUT2D eigenvalue weighted by Gasteiger charge is -2.06. The highest BCUT2D eigenvalue weighted by atomic mass is 19.1. The van der Waals surface area contributed by atoms with Gasteiger partial charge in [-0.15, -0.1) is 0 Å². The summed E-state index contributed by atoms with van der Waals surface area (Å²) in [6.07, 6.45) is 2.75. The lowest BCUT2D eigenvalue weighted by atomic mass is 10.2. The summed E-state index contributed by atoms with van der Waals surface area (Å²) in [5.74, 6) is -2.08. The molecule has 112 valence electrons. The van der Waals surface area contributed by atoms with Gasteiger partial charge < -0.3 is 10.4 Å². The molecule has 0 amide bonds. The summed E-state index contributed by atoms with van der Waals surface area (Å²) < 4.78 is 27.5. The molecular formula is C14H10F2N4O2. The predicted octanol–water partition coefficient (Wildman–Crippen LogP) is 2.32. The van der Waals surface area contributed by atoms with E-state index >= 15 is 0 Å². The number of rotatable bonds is 4. The van der Waals surface area contributed by atoms with Crippen molar-refractivity contribution in [2.24, 2.45) is 0 Å². The molecule has 0 saturated heterocycles. The molecule has 0 atom stereocenters. The molecule has 0 fully saturated rings. The lowest BCUT2D eigenvalue weighted by molar-refractivity contribution is 0.0699. The molecule has 2 heterocycles. The molecule has 0 radical (unpaired) electrons. The van der Waals surface area contributed by atoms with E-state index in [0.29, 0.717) is 11.4 Å². The van der Waals surface area contributed by atoms with Gasteiger partial charge in [-0.1, -0.05) is 0 Å². The van der Waals surface area contributed by atoms with E-state index in [4.69, 9.17) is 5.11 Å². The minimum atomic E-state index is -1.13. The molecule has 0 saturated carbocycles. The van der Waals surface area contributed by atoms with E-state index in [1.165, 1.54) is 22.8 Å². The van der Waals surface area contributed by atoms with Crippen LogP contribution in [0.2, 0.25) is 0 Å². The number of fused-ring (bicyclic) bond motifs is 1. The molecular weight excluding hydrogens is 294 g/mol. The van der Waals surface area contributed by atoms with Gasteiger partial charge in [0, 0.05) is 18.8 Å². The van der Waals surface area contributed by atoms with Crippen molar-refractivity contribution in [3.8, 4) is 0 Å². The van der Waals surface area contributed by atoms with Gasteiger partial charge in [0.15, 0.2) is 5.65 Å². The number of hydrogen-bond acceptors (Lipinski definition) is 4. The van der Waals surface area contributed by atoms with Crippen molar-refractivity contribution in [3.05, 3.63) is 59.4 Å². The Balaban J connectivity index is 1.84. The zero-order valence-corrected chi connectivity index (χ0v) is 11.1. The zero-order chi connectivity index (χ0) is 15.7. The topological polar surface area (TPSA) is 79.5 Å². The van der Waals surface area contributed by atoms with Crippen molar-refractivity contribution in [1.82, 2.24) is 14.6 Å². The molecule has 8 heteroatoms. The van der Waals surface area contributed by atoms with Gasteiger partial charge in [-0.2, -0.15) is 5.10 Å². The van der Waals surface area contributed by atoms with Gasteiger partial charge in [-0.05, 0) is 23.8 Å². The lowest BCUT2D eigenvalue weighted by Crippen LogP contribution is -2.05. The molecule has 2 aromatic heterocycles. The van der Waals surface area contributed by atoms with Crippen LogP contribution in [0.25, 0.3) is 5.65 Å². The SMILES string of the molecule is O=C(O)c1cnn2ccc(NCc3cc(F)cc(F)c3)nc12. The van der Waals surface area contributed by atoms with E-state index in [-0.39, 0.29) is 17.8 Å². The maximum Gasteiger partial charge on any atom is 0.341 e. The van der Waals surface area contributed by atoms with Crippen LogP contribution in [0.5, 0.6) is 0 Å². The molecule has 1 aromatic carbocycles. The van der Waals surface area contributed by atoms with Gasteiger partial charge in [0.1, 0.15) is 23.0 Å². The Hall–Kier alpha value is -3.03. The highest BCUT2D eigenvalue weighted by Gasteiger charge is 2.12. The first-order valence-corrected chi connectivity index (χ1v) is 6.29. The fraction of sp³-hybridized carbons (Fsp3) is 0.0714. The van der Waals surface area contributed by atoms with Crippen molar-refractivity contribution in [2.45, 2.75) is 6.54 Å². The van der Waals surface area contributed by atoms with E-state index in [2.05, 4.69) is 15.4 Å². The van der Waals surface area contributed by atoms with Crippen LogP contribution in [-0.2, 0) is 6.54 Å². The quantitative estimate of drug-likeness (QED) is 0.773. The molecule has 3 aromatic rings. The molecule has 22 heavy (non-hydrogen) atoms. The molecule has 3 rings (SSSR count). The molecule has 2 N–H and O–H groups in total. The summed E-state index contributed by atoms with van der Waals surface area (Å²) in [4.78, 5) is 15.2. The third-order valence-corrected chi connectivity index (χ3v) is 3.00. The fourth-order valence-corrected chi connectivity index (χ4v) is 2.02. The largest absolute Gasteiger partial charge is 0.477 e. The van der Waals surface area contributed by atoms with Crippen LogP contribution in [0.4, 0.5) is 14.6 Å². The summed E-state index contributed by atoms with van der Waals surface area (Å²) in [7, 11) is 0. The normalized spacial score (nSPS) is 10.8. The highest BCUT2D eigenvalue weighted by Crippen LogP contribution is 2.14. The smallest absolute Gasteiger partial charge is 0.341 e. The Kier molecular flexibility index (Phi) is 3.42. The molecule has 6 nitrogen and oxygen atoms in total. The van der Waals surface area contributed by atoms with Crippen molar-refractivity contribution in [3.63, 3.8) is 0 Å². The van der Waals surface area contributed by atoms with Crippen LogP contribution >= 0.6 is 0 Å². The number of benzene rings is 1. The minimum Gasteiger partial charge on any atom is -0.477 e. The second-order valence-electron chi connectivity index (χ2n) is 4.58. The maximum absolute atomic E-state index is 13.1. The maximum atomic E-state index is 13.1. The number of carboxylic acids is 1. The fourth-order valence-electron chi connectivity index (χ4n) is 2.02. The number of carboxylic acid groups (broad SMARTS) is 1. The van der Waals surface area contributed by atoms with Crippen molar-refractivity contribution < 1.29 is 18.7 Å². The minimum absolute atomic E-state index is 0.0274. The third kappa shape index (κ3) is 2.71. The first-order chi connectivity index (χ1) is 10.5. The van der Waals surface area contributed by atoms with E-state index in [1.54, 1.807) is 12.3 Å². The Bertz CT molecular complexity index is 843. The standard InChI is InChI=1S/C14H10F2N4O2/c15-9-3-8(4-10(16)5-9)6-17-12-1-2-20-13(19-12)11(7-18-20)14(21)22/h1-5,7H,6H2,(H,17,19)(H,21,22). The van der Waals surface area contributed by atoms with Crippen molar-refractivity contribution in [1.29, 1.82) is 0 Å². The van der Waals surface area contributed by atoms with E-state index in [9.17, 15) is 13.6 Å². The van der Waals surface area contributed by atoms with Gasteiger partial charge in [0.25, 0.3) is 0 Å². The van der Waals surface area contributed by atoms with Crippen molar-refractivity contribution >= 4 is 17.4 Å². The molecule has 0 spiro atoms. The second kappa shape index (κ2) is 5.40. The molecule has 0 aliphatic heterocycles. The molecule has 0 aliphatic rings. The number of aromatic nitrogens is 3. The van der Waals surface area contributed by atoms with Crippen molar-refractivity contribution in [2.75, 3.05) is 5.32 Å². The first-order valence-electron chi connectivity index (χ1n) is 6.29.